The molecular weight excluding hydrogens is 338 g/mol. The first-order valence-electron chi connectivity index (χ1n) is 11.4. The molecule has 1 aliphatic heterocycles. The zero-order valence-electron chi connectivity index (χ0n) is 17.3. The van der Waals surface area contributed by atoms with Gasteiger partial charge in [0.25, 0.3) is 0 Å². The molecule has 0 spiro atoms. The lowest BCUT2D eigenvalue weighted by Crippen LogP contribution is -2.49. The molecule has 0 aromatic carbocycles. The number of piperidine rings is 1. The topological polar surface area (TPSA) is 52.7 Å². The third-order valence-corrected chi connectivity index (χ3v) is 6.95. The van der Waals surface area contributed by atoms with E-state index in [1.54, 1.807) is 0 Å². The van der Waals surface area contributed by atoms with Crippen LogP contribution in [-0.4, -0.2) is 60.9 Å². The van der Waals surface area contributed by atoms with E-state index in [0.717, 1.165) is 45.3 Å². The van der Waals surface area contributed by atoms with E-state index in [9.17, 15) is 9.59 Å². The van der Waals surface area contributed by atoms with Gasteiger partial charge in [0.05, 0.1) is 6.54 Å². The van der Waals surface area contributed by atoms with E-state index >= 15 is 0 Å². The monoisotopic (exact) mass is 377 g/mol. The Morgan fingerprint density at radius 2 is 1.48 bits per heavy atom. The average Bonchev–Trinajstić information content (AvgIpc) is 2.71. The van der Waals surface area contributed by atoms with E-state index < -0.39 is 0 Å². The second-order valence-corrected chi connectivity index (χ2v) is 9.17. The fourth-order valence-corrected chi connectivity index (χ4v) is 5.09. The Bertz CT molecular complexity index is 476. The Kier molecular flexibility index (Phi) is 7.98. The summed E-state index contributed by atoms with van der Waals surface area (Å²) in [5.74, 6) is 1.47. The van der Waals surface area contributed by atoms with Gasteiger partial charge in [0.2, 0.25) is 11.8 Å². The first kappa shape index (κ1) is 20.6. The van der Waals surface area contributed by atoms with Crippen LogP contribution in [0.3, 0.4) is 0 Å². The van der Waals surface area contributed by atoms with Gasteiger partial charge >= 0.3 is 0 Å². The smallest absolute Gasteiger partial charge is 0.236 e. The van der Waals surface area contributed by atoms with Gasteiger partial charge in [-0.15, -0.1) is 0 Å². The number of carbonyl (C=O) groups excluding carboxylic acids is 2. The molecule has 3 aliphatic rings. The van der Waals surface area contributed by atoms with Crippen LogP contribution in [0.4, 0.5) is 0 Å². The maximum Gasteiger partial charge on any atom is 0.236 e. The number of carbonyl (C=O) groups is 2. The van der Waals surface area contributed by atoms with Gasteiger partial charge in [-0.3, -0.25) is 14.5 Å². The fraction of sp³-hybridized carbons (Fsp3) is 0.909. The Morgan fingerprint density at radius 1 is 0.889 bits per heavy atom. The molecule has 2 saturated carbocycles. The second-order valence-electron chi connectivity index (χ2n) is 9.17. The minimum atomic E-state index is 0.242. The minimum absolute atomic E-state index is 0.242. The van der Waals surface area contributed by atoms with Crippen molar-refractivity contribution in [3.63, 3.8) is 0 Å². The molecule has 3 fully saturated rings. The molecule has 0 aromatic rings. The van der Waals surface area contributed by atoms with Crippen molar-refractivity contribution >= 4 is 11.8 Å². The predicted octanol–water partition coefficient (Wildman–Crippen LogP) is 3.19. The van der Waals surface area contributed by atoms with Crippen molar-refractivity contribution in [2.75, 3.05) is 33.2 Å². The Morgan fingerprint density at radius 3 is 2.11 bits per heavy atom. The van der Waals surface area contributed by atoms with Crippen molar-refractivity contribution in [1.82, 2.24) is 15.1 Å². The normalized spacial score (nSPS) is 23.9. The average molecular weight is 378 g/mol. The Hall–Kier alpha value is -1.10. The summed E-state index contributed by atoms with van der Waals surface area (Å²) in [7, 11) is 1.97. The highest BCUT2D eigenvalue weighted by molar-refractivity contribution is 5.79. The summed E-state index contributed by atoms with van der Waals surface area (Å²) in [6, 6.07) is 0.297. The third-order valence-electron chi connectivity index (χ3n) is 6.95. The molecule has 2 aliphatic carbocycles. The van der Waals surface area contributed by atoms with Crippen molar-refractivity contribution in [3.8, 4) is 0 Å². The zero-order valence-corrected chi connectivity index (χ0v) is 17.3. The maximum atomic E-state index is 12.6. The molecule has 27 heavy (non-hydrogen) atoms. The van der Waals surface area contributed by atoms with Gasteiger partial charge in [0.15, 0.2) is 0 Å². The van der Waals surface area contributed by atoms with Crippen LogP contribution in [0.5, 0.6) is 0 Å². The van der Waals surface area contributed by atoms with Crippen LogP contribution in [0.2, 0.25) is 0 Å². The lowest BCUT2D eigenvalue weighted by Gasteiger charge is -2.34. The summed E-state index contributed by atoms with van der Waals surface area (Å²) < 4.78 is 0. The summed E-state index contributed by atoms with van der Waals surface area (Å²) in [4.78, 5) is 29.2. The van der Waals surface area contributed by atoms with Gasteiger partial charge in [-0.25, -0.2) is 0 Å². The van der Waals surface area contributed by atoms with Gasteiger partial charge < -0.3 is 10.2 Å². The maximum absolute atomic E-state index is 12.6. The molecule has 1 heterocycles. The number of hydrogen-bond acceptors (Lipinski definition) is 3. The highest BCUT2D eigenvalue weighted by atomic mass is 16.2. The number of nitrogens with zero attached hydrogens (tertiary/aromatic N) is 2. The van der Waals surface area contributed by atoms with E-state index in [-0.39, 0.29) is 17.7 Å². The van der Waals surface area contributed by atoms with Gasteiger partial charge in [-0.1, -0.05) is 38.5 Å². The summed E-state index contributed by atoms with van der Waals surface area (Å²) in [6.07, 6.45) is 14.3. The SMILES string of the molecule is CN(CC1CCCCC1)C(=O)CN1CCC(NC(=O)C2CCCCC2)CC1. The molecule has 0 unspecified atom stereocenters. The molecule has 0 bridgehead atoms. The molecule has 0 atom stereocenters. The summed E-state index contributed by atoms with van der Waals surface area (Å²) >= 11 is 0. The molecule has 0 aromatic heterocycles. The molecule has 154 valence electrons. The largest absolute Gasteiger partial charge is 0.353 e. The Labute approximate surface area is 165 Å². The van der Waals surface area contributed by atoms with Crippen molar-refractivity contribution in [3.05, 3.63) is 0 Å². The van der Waals surface area contributed by atoms with E-state index in [1.165, 1.54) is 51.4 Å². The van der Waals surface area contributed by atoms with Gasteiger partial charge in [0.1, 0.15) is 0 Å². The highest BCUT2D eigenvalue weighted by Gasteiger charge is 2.27. The quantitative estimate of drug-likeness (QED) is 0.773. The van der Waals surface area contributed by atoms with Crippen LogP contribution in [0.15, 0.2) is 0 Å². The van der Waals surface area contributed by atoms with Crippen molar-refractivity contribution < 1.29 is 9.59 Å². The lowest BCUT2D eigenvalue weighted by molar-refractivity contribution is -0.132. The summed E-state index contributed by atoms with van der Waals surface area (Å²) in [5, 5.41) is 3.28. The predicted molar refractivity (Wildman–Crippen MR) is 108 cm³/mol. The molecule has 1 N–H and O–H groups in total. The standard InChI is InChI=1S/C22H39N3O2/c1-24(16-18-8-4-2-5-9-18)21(26)17-25-14-12-20(13-15-25)23-22(27)19-10-6-3-7-11-19/h18-20H,2-17H2,1H3,(H,23,27). The van der Waals surface area contributed by atoms with Crippen LogP contribution in [0, 0.1) is 11.8 Å². The van der Waals surface area contributed by atoms with Crippen LogP contribution in [-0.2, 0) is 9.59 Å². The molecule has 2 amide bonds. The van der Waals surface area contributed by atoms with Gasteiger partial charge in [-0.2, -0.15) is 0 Å². The van der Waals surface area contributed by atoms with Crippen molar-refractivity contribution in [2.24, 2.45) is 11.8 Å². The molecule has 5 heteroatoms. The fourth-order valence-electron chi connectivity index (χ4n) is 5.09. The number of nitrogens with one attached hydrogen (secondary N) is 1. The Balaban J connectivity index is 1.33. The van der Waals surface area contributed by atoms with Crippen LogP contribution < -0.4 is 5.32 Å². The summed E-state index contributed by atoms with van der Waals surface area (Å²) in [5.41, 5.74) is 0. The highest BCUT2D eigenvalue weighted by Crippen LogP contribution is 2.25. The van der Waals surface area contributed by atoms with E-state index in [2.05, 4.69) is 10.2 Å². The van der Waals surface area contributed by atoms with E-state index in [0.29, 0.717) is 18.5 Å². The molecule has 5 nitrogen and oxygen atoms in total. The first-order valence-corrected chi connectivity index (χ1v) is 11.4. The number of amides is 2. The number of likely N-dealkylation sites (tertiary alicyclic amines) is 1. The number of rotatable bonds is 6. The first-order chi connectivity index (χ1) is 13.1. The van der Waals surface area contributed by atoms with E-state index in [1.807, 2.05) is 11.9 Å². The second kappa shape index (κ2) is 10.4. The van der Waals surface area contributed by atoms with Crippen molar-refractivity contribution in [1.29, 1.82) is 0 Å². The van der Waals surface area contributed by atoms with E-state index in [4.69, 9.17) is 0 Å². The number of hydrogen-bond donors (Lipinski definition) is 1. The zero-order chi connectivity index (χ0) is 19.1. The van der Waals surface area contributed by atoms with Crippen molar-refractivity contribution in [2.45, 2.75) is 83.1 Å². The third kappa shape index (κ3) is 6.48. The van der Waals surface area contributed by atoms with Crippen LogP contribution in [0.25, 0.3) is 0 Å². The molecular formula is C22H39N3O2. The summed E-state index contributed by atoms with van der Waals surface area (Å²) in [6.45, 7) is 3.29. The molecule has 3 rings (SSSR count). The van der Waals surface area contributed by atoms with Gasteiger partial charge in [0, 0.05) is 38.6 Å². The molecule has 1 saturated heterocycles. The molecule has 0 radical (unpaired) electrons. The minimum Gasteiger partial charge on any atom is -0.353 e. The van der Waals surface area contributed by atoms with Crippen LogP contribution >= 0.6 is 0 Å². The van der Waals surface area contributed by atoms with Gasteiger partial charge in [-0.05, 0) is 44.4 Å². The number of likely N-dealkylation sites (N-methyl/N-ethyl adjacent to an activating group) is 1. The lowest BCUT2D eigenvalue weighted by atomic mass is 9.88. The van der Waals surface area contributed by atoms with Crippen LogP contribution in [0.1, 0.15) is 77.0 Å².